The van der Waals surface area contributed by atoms with Gasteiger partial charge in [0.05, 0.1) is 12.2 Å². The SMILES string of the molecule is O=C(Nc1ccc2c(c1)OCCO2)N1CCc2c(sc3nc(-c4ccccc4)nn23)C1. The molecule has 0 bridgehead atoms. The lowest BCUT2D eigenvalue weighted by molar-refractivity contribution is 0.171. The van der Waals surface area contributed by atoms with E-state index in [1.54, 1.807) is 17.4 Å². The van der Waals surface area contributed by atoms with E-state index in [9.17, 15) is 4.79 Å². The number of fused-ring (bicyclic) bond motifs is 4. The van der Waals surface area contributed by atoms with E-state index < -0.39 is 0 Å². The van der Waals surface area contributed by atoms with Crippen LogP contribution >= 0.6 is 11.3 Å². The molecule has 8 nitrogen and oxygen atoms in total. The van der Waals surface area contributed by atoms with Crippen LogP contribution in [0.3, 0.4) is 0 Å². The van der Waals surface area contributed by atoms with Crippen LogP contribution in [0.2, 0.25) is 0 Å². The number of rotatable bonds is 2. The smallest absolute Gasteiger partial charge is 0.322 e. The molecule has 2 aromatic heterocycles. The fourth-order valence-electron chi connectivity index (χ4n) is 3.90. The number of hydrogen-bond donors (Lipinski definition) is 1. The number of carbonyl (C=O) groups is 1. The molecule has 0 spiro atoms. The van der Waals surface area contributed by atoms with Crippen molar-refractivity contribution in [2.75, 3.05) is 25.1 Å². The summed E-state index contributed by atoms with van der Waals surface area (Å²) in [6, 6.07) is 15.3. The first-order valence-corrected chi connectivity index (χ1v) is 10.9. The van der Waals surface area contributed by atoms with E-state index >= 15 is 0 Å². The zero-order valence-corrected chi connectivity index (χ0v) is 17.4. The van der Waals surface area contributed by atoms with E-state index in [1.807, 2.05) is 51.9 Å². The normalized spacial score (nSPS) is 15.0. The Balaban J connectivity index is 1.19. The van der Waals surface area contributed by atoms with Gasteiger partial charge in [-0.1, -0.05) is 41.7 Å². The number of nitrogens with one attached hydrogen (secondary N) is 1. The monoisotopic (exact) mass is 433 g/mol. The molecule has 0 saturated heterocycles. The van der Waals surface area contributed by atoms with Crippen LogP contribution in [-0.4, -0.2) is 45.3 Å². The number of aromatic nitrogens is 3. The summed E-state index contributed by atoms with van der Waals surface area (Å²) in [7, 11) is 0. The molecule has 4 heterocycles. The molecule has 0 fully saturated rings. The van der Waals surface area contributed by atoms with Gasteiger partial charge in [-0.2, -0.15) is 4.98 Å². The Hall–Kier alpha value is -3.59. The standard InChI is InChI=1S/C22H19N5O3S/c28-21(23-15-6-7-17-18(12-15)30-11-10-29-17)26-9-8-16-19(13-26)31-22-24-20(25-27(16)22)14-4-2-1-3-5-14/h1-7,12H,8-11,13H2,(H,23,28). The lowest BCUT2D eigenvalue weighted by atomic mass is 10.2. The Kier molecular flexibility index (Phi) is 4.27. The minimum atomic E-state index is -0.133. The molecule has 2 aliphatic rings. The Bertz CT molecular complexity index is 1280. The number of carbonyl (C=O) groups excluding carboxylic acids is 1. The first-order chi connectivity index (χ1) is 15.2. The molecule has 156 valence electrons. The molecule has 31 heavy (non-hydrogen) atoms. The highest BCUT2D eigenvalue weighted by Crippen LogP contribution is 2.33. The number of ether oxygens (including phenoxy) is 2. The summed E-state index contributed by atoms with van der Waals surface area (Å²) < 4.78 is 13.1. The molecule has 9 heteroatoms. The van der Waals surface area contributed by atoms with Crippen LogP contribution in [0.4, 0.5) is 10.5 Å². The summed E-state index contributed by atoms with van der Waals surface area (Å²) in [4.78, 5) is 21.3. The molecule has 4 aromatic rings. The fraction of sp³-hybridized carbons (Fsp3) is 0.227. The number of anilines is 1. The third kappa shape index (κ3) is 3.27. The van der Waals surface area contributed by atoms with Crippen LogP contribution in [0.1, 0.15) is 10.6 Å². The van der Waals surface area contributed by atoms with E-state index in [4.69, 9.17) is 19.6 Å². The van der Waals surface area contributed by atoms with E-state index in [2.05, 4.69) is 5.32 Å². The third-order valence-electron chi connectivity index (χ3n) is 5.44. The molecule has 0 aliphatic carbocycles. The van der Waals surface area contributed by atoms with Crippen LogP contribution in [0.5, 0.6) is 11.5 Å². The average molecular weight is 433 g/mol. The summed E-state index contributed by atoms with van der Waals surface area (Å²) in [6.45, 7) is 2.22. The summed E-state index contributed by atoms with van der Waals surface area (Å²) in [5.41, 5.74) is 2.83. The maximum atomic E-state index is 12.8. The van der Waals surface area contributed by atoms with E-state index in [0.29, 0.717) is 43.5 Å². The van der Waals surface area contributed by atoms with Gasteiger partial charge < -0.3 is 19.7 Å². The molecule has 2 aromatic carbocycles. The highest BCUT2D eigenvalue weighted by molar-refractivity contribution is 7.17. The lowest BCUT2D eigenvalue weighted by Gasteiger charge is -2.27. The lowest BCUT2D eigenvalue weighted by Crippen LogP contribution is -2.38. The predicted octanol–water partition coefficient (Wildman–Crippen LogP) is 3.82. The molecule has 6 rings (SSSR count). The number of amides is 2. The largest absolute Gasteiger partial charge is 0.486 e. The molecular weight excluding hydrogens is 414 g/mol. The van der Waals surface area contributed by atoms with E-state index in [1.165, 1.54) is 0 Å². The van der Waals surface area contributed by atoms with Crippen LogP contribution in [-0.2, 0) is 13.0 Å². The van der Waals surface area contributed by atoms with Crippen molar-refractivity contribution in [3.8, 4) is 22.9 Å². The van der Waals surface area contributed by atoms with Gasteiger partial charge in [0.2, 0.25) is 4.96 Å². The molecule has 0 saturated carbocycles. The summed E-state index contributed by atoms with van der Waals surface area (Å²) in [5, 5.41) is 7.67. The van der Waals surface area contributed by atoms with Crippen LogP contribution in [0, 0.1) is 0 Å². The number of benzene rings is 2. The van der Waals surface area contributed by atoms with Gasteiger partial charge in [-0.25, -0.2) is 9.31 Å². The molecule has 0 unspecified atom stereocenters. The Morgan fingerprint density at radius 1 is 1.06 bits per heavy atom. The molecule has 1 N–H and O–H groups in total. The van der Waals surface area contributed by atoms with Crippen molar-refractivity contribution in [2.45, 2.75) is 13.0 Å². The first-order valence-electron chi connectivity index (χ1n) is 10.1. The summed E-state index contributed by atoms with van der Waals surface area (Å²) in [6.07, 6.45) is 0.738. The van der Waals surface area contributed by atoms with Crippen LogP contribution in [0.25, 0.3) is 16.3 Å². The van der Waals surface area contributed by atoms with Gasteiger partial charge in [0.1, 0.15) is 13.2 Å². The topological polar surface area (TPSA) is 81.0 Å². The second-order valence-electron chi connectivity index (χ2n) is 7.43. The van der Waals surface area contributed by atoms with Gasteiger partial charge in [-0.05, 0) is 12.1 Å². The van der Waals surface area contributed by atoms with Gasteiger partial charge >= 0.3 is 6.03 Å². The Labute approximate surface area is 182 Å². The fourth-order valence-corrected chi connectivity index (χ4v) is 5.01. The van der Waals surface area contributed by atoms with Gasteiger partial charge in [-0.15, -0.1) is 5.10 Å². The Morgan fingerprint density at radius 3 is 2.77 bits per heavy atom. The van der Waals surface area contributed by atoms with Crippen molar-refractivity contribution in [3.05, 3.63) is 59.1 Å². The van der Waals surface area contributed by atoms with E-state index in [0.717, 1.165) is 33.3 Å². The molecule has 0 radical (unpaired) electrons. The maximum Gasteiger partial charge on any atom is 0.322 e. The highest BCUT2D eigenvalue weighted by Gasteiger charge is 2.26. The van der Waals surface area contributed by atoms with Gasteiger partial charge in [0, 0.05) is 35.2 Å². The second kappa shape index (κ2) is 7.28. The van der Waals surface area contributed by atoms with Gasteiger partial charge in [-0.3, -0.25) is 0 Å². The van der Waals surface area contributed by atoms with Gasteiger partial charge in [0.15, 0.2) is 17.3 Å². The molecule has 0 atom stereocenters. The van der Waals surface area contributed by atoms with Crippen LogP contribution < -0.4 is 14.8 Å². The average Bonchev–Trinajstić information content (AvgIpc) is 3.37. The van der Waals surface area contributed by atoms with Crippen molar-refractivity contribution in [3.63, 3.8) is 0 Å². The number of hydrogen-bond acceptors (Lipinski definition) is 6. The van der Waals surface area contributed by atoms with Crippen molar-refractivity contribution in [2.24, 2.45) is 0 Å². The first kappa shape index (κ1) is 18.2. The number of urea groups is 1. The summed E-state index contributed by atoms with van der Waals surface area (Å²) in [5.74, 6) is 2.09. The molecule has 2 amide bonds. The van der Waals surface area contributed by atoms with Crippen molar-refractivity contribution in [1.82, 2.24) is 19.5 Å². The zero-order chi connectivity index (χ0) is 20.8. The van der Waals surface area contributed by atoms with Crippen LogP contribution in [0.15, 0.2) is 48.5 Å². The third-order valence-corrected chi connectivity index (χ3v) is 6.49. The van der Waals surface area contributed by atoms with Crippen molar-refractivity contribution >= 4 is 28.0 Å². The Morgan fingerprint density at radius 2 is 1.90 bits per heavy atom. The quantitative estimate of drug-likeness (QED) is 0.520. The minimum Gasteiger partial charge on any atom is -0.486 e. The summed E-state index contributed by atoms with van der Waals surface area (Å²) >= 11 is 1.59. The number of nitrogens with zero attached hydrogens (tertiary/aromatic N) is 4. The maximum absolute atomic E-state index is 12.8. The molecular formula is C22H19N5O3S. The van der Waals surface area contributed by atoms with E-state index in [-0.39, 0.29) is 6.03 Å². The highest BCUT2D eigenvalue weighted by atomic mass is 32.1. The van der Waals surface area contributed by atoms with Gasteiger partial charge in [0.25, 0.3) is 0 Å². The number of thiazole rings is 1. The minimum absolute atomic E-state index is 0.133. The van der Waals surface area contributed by atoms with Crippen molar-refractivity contribution in [1.29, 1.82) is 0 Å². The second-order valence-corrected chi connectivity index (χ2v) is 8.49. The zero-order valence-electron chi connectivity index (χ0n) is 16.6. The van der Waals surface area contributed by atoms with Crippen molar-refractivity contribution < 1.29 is 14.3 Å². The predicted molar refractivity (Wildman–Crippen MR) is 117 cm³/mol. The molecule has 2 aliphatic heterocycles.